The van der Waals surface area contributed by atoms with Crippen LogP contribution in [0.4, 0.5) is 4.79 Å². The number of hydrogen-bond acceptors (Lipinski definition) is 4. The summed E-state index contributed by atoms with van der Waals surface area (Å²) in [6.45, 7) is 6.05. The van der Waals surface area contributed by atoms with Crippen LogP contribution in [0.3, 0.4) is 0 Å². The molecule has 1 heterocycles. The molecule has 2 aliphatic rings. The average Bonchev–Trinajstić information content (AvgIpc) is 3.09. The largest absolute Gasteiger partial charge is 0.480 e. The maximum Gasteiger partial charge on any atom is 0.407 e. The van der Waals surface area contributed by atoms with E-state index in [-0.39, 0.29) is 18.4 Å². The summed E-state index contributed by atoms with van der Waals surface area (Å²) in [4.78, 5) is 38.7. The number of likely N-dealkylation sites (tertiary alicyclic amines) is 1. The van der Waals surface area contributed by atoms with Crippen LogP contribution in [0.5, 0.6) is 0 Å². The van der Waals surface area contributed by atoms with Crippen LogP contribution < -0.4 is 5.32 Å². The molecule has 2 atom stereocenters. The van der Waals surface area contributed by atoms with E-state index in [4.69, 9.17) is 4.74 Å². The minimum Gasteiger partial charge on any atom is -0.480 e. The Kier molecular flexibility index (Phi) is 6.15. The third-order valence-electron chi connectivity index (χ3n) is 6.66. The Balaban J connectivity index is 1.42. The van der Waals surface area contributed by atoms with Crippen LogP contribution in [0, 0.1) is 5.41 Å². The average molecular weight is 451 g/mol. The molecule has 2 N–H and O–H groups in total. The number of nitrogens with zero attached hydrogens (tertiary/aromatic N) is 1. The summed E-state index contributed by atoms with van der Waals surface area (Å²) in [5, 5.41) is 12.2. The molecule has 1 aliphatic heterocycles. The Hall–Kier alpha value is -3.35. The molecular weight excluding hydrogens is 420 g/mol. The summed E-state index contributed by atoms with van der Waals surface area (Å²) in [6, 6.07) is 14.4. The predicted molar refractivity (Wildman–Crippen MR) is 124 cm³/mol. The minimum atomic E-state index is -1.03. The van der Waals surface area contributed by atoms with E-state index in [1.165, 1.54) is 4.90 Å². The van der Waals surface area contributed by atoms with Crippen LogP contribution in [0.1, 0.15) is 50.7 Å². The zero-order chi connectivity index (χ0) is 23.8. The highest BCUT2D eigenvalue weighted by atomic mass is 16.5. The van der Waals surface area contributed by atoms with Gasteiger partial charge in [-0.2, -0.15) is 0 Å². The first kappa shape index (κ1) is 22.8. The quantitative estimate of drug-likeness (QED) is 0.664. The zero-order valence-electron chi connectivity index (χ0n) is 19.2. The molecule has 7 nitrogen and oxygen atoms in total. The molecule has 1 fully saturated rings. The van der Waals surface area contributed by atoms with E-state index in [1.807, 2.05) is 57.2 Å². The number of amides is 2. The van der Waals surface area contributed by atoms with Gasteiger partial charge in [0.1, 0.15) is 18.7 Å². The highest BCUT2D eigenvalue weighted by Crippen LogP contribution is 2.44. The molecule has 0 aromatic heterocycles. The van der Waals surface area contributed by atoms with Crippen molar-refractivity contribution in [3.63, 3.8) is 0 Å². The van der Waals surface area contributed by atoms with Crippen LogP contribution in [0.2, 0.25) is 0 Å². The molecule has 1 aliphatic carbocycles. The number of benzene rings is 2. The number of fused-ring (bicyclic) bond motifs is 3. The smallest absolute Gasteiger partial charge is 0.407 e. The van der Waals surface area contributed by atoms with Gasteiger partial charge in [-0.05, 0) is 28.7 Å². The van der Waals surface area contributed by atoms with E-state index in [2.05, 4.69) is 17.4 Å². The topological polar surface area (TPSA) is 95.9 Å². The van der Waals surface area contributed by atoms with Gasteiger partial charge in [-0.15, -0.1) is 0 Å². The highest BCUT2D eigenvalue weighted by molar-refractivity contribution is 5.91. The number of rotatable bonds is 7. The number of aliphatic carboxylic acids is 1. The van der Waals surface area contributed by atoms with Gasteiger partial charge in [0.05, 0.1) is 0 Å². The van der Waals surface area contributed by atoms with Gasteiger partial charge in [-0.1, -0.05) is 75.7 Å². The van der Waals surface area contributed by atoms with Crippen molar-refractivity contribution in [2.45, 2.75) is 51.6 Å². The lowest BCUT2D eigenvalue weighted by Crippen LogP contribution is -2.69. The summed E-state index contributed by atoms with van der Waals surface area (Å²) in [7, 11) is 0. The lowest BCUT2D eigenvalue weighted by molar-refractivity contribution is -0.172. The van der Waals surface area contributed by atoms with Crippen molar-refractivity contribution in [3.05, 3.63) is 59.7 Å². The summed E-state index contributed by atoms with van der Waals surface area (Å²) in [6.07, 6.45) is 0.400. The van der Waals surface area contributed by atoms with Gasteiger partial charge in [0.2, 0.25) is 5.91 Å². The van der Waals surface area contributed by atoms with Gasteiger partial charge in [0, 0.05) is 17.9 Å². The van der Waals surface area contributed by atoms with Crippen molar-refractivity contribution < 1.29 is 24.2 Å². The van der Waals surface area contributed by atoms with Crippen LogP contribution >= 0.6 is 0 Å². The Labute approximate surface area is 193 Å². The minimum absolute atomic E-state index is 0.0731. The monoisotopic (exact) mass is 450 g/mol. The maximum atomic E-state index is 13.0. The molecule has 174 valence electrons. The second kappa shape index (κ2) is 8.89. The van der Waals surface area contributed by atoms with E-state index in [1.54, 1.807) is 0 Å². The Bertz CT molecular complexity index is 1030. The second-order valence-corrected chi connectivity index (χ2v) is 9.51. The number of carboxylic acids is 1. The van der Waals surface area contributed by atoms with Crippen molar-refractivity contribution in [1.29, 1.82) is 0 Å². The molecule has 33 heavy (non-hydrogen) atoms. The Morgan fingerprint density at radius 2 is 1.67 bits per heavy atom. The van der Waals surface area contributed by atoms with Crippen LogP contribution in [0.15, 0.2) is 48.5 Å². The number of carbonyl (C=O) groups excluding carboxylic acids is 2. The first-order valence-electron chi connectivity index (χ1n) is 11.4. The number of alkyl carbamates (subject to hydrolysis) is 1. The summed E-state index contributed by atoms with van der Waals surface area (Å²) in [5.74, 6) is -1.48. The first-order chi connectivity index (χ1) is 15.7. The van der Waals surface area contributed by atoms with Crippen molar-refractivity contribution >= 4 is 18.0 Å². The van der Waals surface area contributed by atoms with Crippen LogP contribution in [0.25, 0.3) is 11.1 Å². The molecule has 7 heteroatoms. The third kappa shape index (κ3) is 4.19. The van der Waals surface area contributed by atoms with Crippen LogP contribution in [-0.2, 0) is 14.3 Å². The molecule has 2 aromatic rings. The number of carboxylic acid groups (broad SMARTS) is 1. The molecule has 0 spiro atoms. The van der Waals surface area contributed by atoms with Crippen molar-refractivity contribution in [2.75, 3.05) is 13.2 Å². The fraction of sp³-hybridized carbons (Fsp3) is 0.423. The molecule has 0 bridgehead atoms. The molecule has 2 amide bonds. The molecule has 0 radical (unpaired) electrons. The Morgan fingerprint density at radius 1 is 1.09 bits per heavy atom. The van der Waals surface area contributed by atoms with Gasteiger partial charge in [0.25, 0.3) is 0 Å². The van der Waals surface area contributed by atoms with Gasteiger partial charge < -0.3 is 20.1 Å². The third-order valence-corrected chi connectivity index (χ3v) is 6.66. The molecule has 2 aromatic carbocycles. The van der Waals surface area contributed by atoms with E-state index in [0.29, 0.717) is 19.4 Å². The molecule has 0 saturated carbocycles. The lowest BCUT2D eigenvalue weighted by Gasteiger charge is -2.52. The maximum absolute atomic E-state index is 13.0. The fourth-order valence-electron chi connectivity index (χ4n) is 5.13. The van der Waals surface area contributed by atoms with Crippen molar-refractivity contribution in [2.24, 2.45) is 5.41 Å². The van der Waals surface area contributed by atoms with Gasteiger partial charge in [-0.3, -0.25) is 4.79 Å². The standard InChI is InChI=1S/C26H30N2O5/c1-4-9-21(23(29)28-15-26(2,3)22(28)24(30)31)27-25(32)33-14-20-18-12-7-5-10-16(18)17-11-6-8-13-19(17)20/h5-8,10-13,20-22H,4,9,14-15H2,1-3H3,(H,27,32)(H,30,31)/t21-,22?/m0/s1. The normalized spacial score (nSPS) is 19.1. The lowest BCUT2D eigenvalue weighted by atomic mass is 9.74. The van der Waals surface area contributed by atoms with Crippen molar-refractivity contribution in [1.82, 2.24) is 10.2 Å². The molecule has 4 rings (SSSR count). The Morgan fingerprint density at radius 3 is 2.18 bits per heavy atom. The van der Waals surface area contributed by atoms with Gasteiger partial charge >= 0.3 is 12.1 Å². The second-order valence-electron chi connectivity index (χ2n) is 9.51. The summed E-state index contributed by atoms with van der Waals surface area (Å²) in [5.41, 5.74) is 4.00. The van der Waals surface area contributed by atoms with E-state index >= 15 is 0 Å². The molecule has 1 saturated heterocycles. The predicted octanol–water partition coefficient (Wildman–Crippen LogP) is 4.02. The molecular formula is C26H30N2O5. The van der Waals surface area contributed by atoms with E-state index in [9.17, 15) is 19.5 Å². The van der Waals surface area contributed by atoms with Crippen molar-refractivity contribution in [3.8, 4) is 11.1 Å². The van der Waals surface area contributed by atoms with Gasteiger partial charge in [-0.25, -0.2) is 9.59 Å². The summed E-state index contributed by atoms with van der Waals surface area (Å²) >= 11 is 0. The SMILES string of the molecule is CCC[C@H](NC(=O)OCC1c2ccccc2-c2ccccc21)C(=O)N1CC(C)(C)C1C(=O)O. The van der Waals surface area contributed by atoms with Gasteiger partial charge in [0.15, 0.2) is 0 Å². The number of ether oxygens (including phenoxy) is 1. The van der Waals surface area contributed by atoms with E-state index in [0.717, 1.165) is 22.3 Å². The first-order valence-corrected chi connectivity index (χ1v) is 11.4. The highest BCUT2D eigenvalue weighted by Gasteiger charge is 2.53. The fourth-order valence-corrected chi connectivity index (χ4v) is 5.13. The number of hydrogen-bond donors (Lipinski definition) is 2. The van der Waals surface area contributed by atoms with Crippen LogP contribution in [-0.4, -0.2) is 53.2 Å². The van der Waals surface area contributed by atoms with E-state index < -0.39 is 29.6 Å². The summed E-state index contributed by atoms with van der Waals surface area (Å²) < 4.78 is 5.58. The zero-order valence-corrected chi connectivity index (χ0v) is 19.2. The number of carbonyl (C=O) groups is 3. The number of nitrogens with one attached hydrogen (secondary N) is 1. The molecule has 1 unspecified atom stereocenters.